The van der Waals surface area contributed by atoms with Gasteiger partial charge in [-0.05, 0) is 35.6 Å². The minimum atomic E-state index is 0.588. The average molecular weight is 386 g/mol. The number of thiophene rings is 1. The van der Waals surface area contributed by atoms with Crippen LogP contribution in [0.15, 0.2) is 42.3 Å². The van der Waals surface area contributed by atoms with Crippen LogP contribution in [0.1, 0.15) is 11.1 Å². The molecule has 3 aromatic heterocycles. The van der Waals surface area contributed by atoms with Gasteiger partial charge in [0.05, 0.1) is 17.5 Å². The van der Waals surface area contributed by atoms with Gasteiger partial charge in [0.1, 0.15) is 22.7 Å². The van der Waals surface area contributed by atoms with Gasteiger partial charge in [0.2, 0.25) is 5.95 Å². The molecule has 0 aliphatic heterocycles. The first-order chi connectivity index (χ1) is 12.7. The smallest absolute Gasteiger partial charge is 0.238 e. The van der Waals surface area contributed by atoms with E-state index in [9.17, 15) is 0 Å². The molecule has 0 bridgehead atoms. The third kappa shape index (κ3) is 3.11. The van der Waals surface area contributed by atoms with Crippen LogP contribution in [-0.2, 0) is 6.54 Å². The number of hydrogen-bond acceptors (Lipinski definition) is 6. The Bertz CT molecular complexity index is 1060. The Labute approximate surface area is 159 Å². The number of imidazole rings is 1. The Hall–Kier alpha value is -2.64. The molecular formula is C18H16ClN5OS. The van der Waals surface area contributed by atoms with Crippen molar-refractivity contribution in [1.82, 2.24) is 19.5 Å². The number of rotatable bonds is 5. The molecule has 1 aromatic carbocycles. The number of fused-ring (bicyclic) bond motifs is 1. The van der Waals surface area contributed by atoms with Gasteiger partial charge in [-0.2, -0.15) is 4.98 Å². The number of methoxy groups -OCH3 is 1. The van der Waals surface area contributed by atoms with Crippen molar-refractivity contribution in [3.05, 3.63) is 58.4 Å². The van der Waals surface area contributed by atoms with Crippen LogP contribution in [0.3, 0.4) is 0 Å². The molecule has 0 fully saturated rings. The summed E-state index contributed by atoms with van der Waals surface area (Å²) in [5.74, 6) is 2.05. The number of ether oxygens (including phenoxy) is 1. The Morgan fingerprint density at radius 2 is 2.19 bits per heavy atom. The van der Waals surface area contributed by atoms with Crippen molar-refractivity contribution in [1.29, 1.82) is 0 Å². The first kappa shape index (κ1) is 16.8. The number of nitrogens with one attached hydrogen (secondary N) is 1. The van der Waals surface area contributed by atoms with Crippen molar-refractivity contribution in [2.75, 3.05) is 12.4 Å². The fourth-order valence-electron chi connectivity index (χ4n) is 2.70. The third-order valence-corrected chi connectivity index (χ3v) is 5.30. The zero-order valence-electron chi connectivity index (χ0n) is 14.2. The van der Waals surface area contributed by atoms with Crippen molar-refractivity contribution in [2.24, 2.45) is 0 Å². The van der Waals surface area contributed by atoms with Gasteiger partial charge in [0.25, 0.3) is 0 Å². The van der Waals surface area contributed by atoms with Gasteiger partial charge in [-0.15, -0.1) is 11.3 Å². The summed E-state index contributed by atoms with van der Waals surface area (Å²) in [5, 5.41) is 7.14. The Balaban J connectivity index is 1.69. The van der Waals surface area contributed by atoms with E-state index in [-0.39, 0.29) is 0 Å². The number of benzene rings is 1. The summed E-state index contributed by atoms with van der Waals surface area (Å²) in [6, 6.07) is 5.73. The van der Waals surface area contributed by atoms with Crippen molar-refractivity contribution in [3.63, 3.8) is 0 Å². The predicted octanol–water partition coefficient (Wildman–Crippen LogP) is 4.46. The van der Waals surface area contributed by atoms with Crippen molar-refractivity contribution >= 4 is 39.0 Å². The molecular weight excluding hydrogens is 370 g/mol. The summed E-state index contributed by atoms with van der Waals surface area (Å²) < 4.78 is 7.00. The first-order valence-corrected chi connectivity index (χ1v) is 9.22. The number of aromatic nitrogens is 4. The zero-order chi connectivity index (χ0) is 18.1. The highest BCUT2D eigenvalue weighted by Gasteiger charge is 2.13. The quantitative estimate of drug-likeness (QED) is 0.549. The van der Waals surface area contributed by atoms with E-state index in [1.54, 1.807) is 35.5 Å². The van der Waals surface area contributed by atoms with Gasteiger partial charge in [0.15, 0.2) is 0 Å². The van der Waals surface area contributed by atoms with E-state index in [4.69, 9.17) is 21.3 Å². The van der Waals surface area contributed by atoms with E-state index in [0.29, 0.717) is 23.3 Å². The summed E-state index contributed by atoms with van der Waals surface area (Å²) in [5.41, 5.74) is 2.19. The fraction of sp³-hybridized carbons (Fsp3) is 0.167. The number of aryl methyl sites for hydroxylation is 1. The second-order valence-corrected chi connectivity index (χ2v) is 7.03. The molecule has 8 heteroatoms. The summed E-state index contributed by atoms with van der Waals surface area (Å²) in [4.78, 5) is 14.4. The predicted molar refractivity (Wildman–Crippen MR) is 105 cm³/mol. The molecule has 0 spiro atoms. The largest absolute Gasteiger partial charge is 0.495 e. The van der Waals surface area contributed by atoms with Crippen LogP contribution in [0.25, 0.3) is 16.2 Å². The van der Waals surface area contributed by atoms with E-state index in [1.165, 1.54) is 0 Å². The van der Waals surface area contributed by atoms with Crippen molar-refractivity contribution in [3.8, 4) is 11.7 Å². The monoisotopic (exact) mass is 385 g/mol. The van der Waals surface area contributed by atoms with Crippen LogP contribution in [-0.4, -0.2) is 26.6 Å². The maximum Gasteiger partial charge on any atom is 0.238 e. The molecule has 0 aliphatic carbocycles. The van der Waals surface area contributed by atoms with E-state index in [0.717, 1.165) is 27.2 Å². The average Bonchev–Trinajstić information content (AvgIpc) is 3.30. The molecule has 4 aromatic rings. The lowest BCUT2D eigenvalue weighted by atomic mass is 10.2. The van der Waals surface area contributed by atoms with E-state index < -0.39 is 0 Å². The summed E-state index contributed by atoms with van der Waals surface area (Å²) >= 11 is 7.83. The lowest BCUT2D eigenvalue weighted by molar-refractivity contribution is 0.415. The molecule has 0 radical (unpaired) electrons. The molecule has 26 heavy (non-hydrogen) atoms. The molecule has 0 amide bonds. The molecule has 0 aliphatic rings. The van der Waals surface area contributed by atoms with Crippen LogP contribution < -0.4 is 10.1 Å². The van der Waals surface area contributed by atoms with E-state index in [2.05, 4.69) is 27.6 Å². The summed E-state index contributed by atoms with van der Waals surface area (Å²) in [6.45, 7) is 2.66. The standard InChI is InChI=1S/C18H16ClN5OS/c1-11-9-26-17-15(11)16(22-18(23-17)24-6-5-20-10-24)21-8-12-3-4-14(25-2)13(19)7-12/h3-7,9-10H,8H2,1-2H3,(H,21,22,23). The molecule has 132 valence electrons. The topological polar surface area (TPSA) is 64.9 Å². The van der Waals surface area contributed by atoms with Crippen LogP contribution in [0, 0.1) is 6.92 Å². The third-order valence-electron chi connectivity index (χ3n) is 4.02. The number of nitrogens with zero attached hydrogens (tertiary/aromatic N) is 4. The Morgan fingerprint density at radius 1 is 1.31 bits per heavy atom. The van der Waals surface area contributed by atoms with E-state index >= 15 is 0 Å². The molecule has 3 heterocycles. The van der Waals surface area contributed by atoms with Gasteiger partial charge < -0.3 is 10.1 Å². The highest BCUT2D eigenvalue weighted by molar-refractivity contribution is 7.17. The van der Waals surface area contributed by atoms with Gasteiger partial charge in [-0.3, -0.25) is 4.57 Å². The highest BCUT2D eigenvalue weighted by Crippen LogP contribution is 2.31. The maximum atomic E-state index is 6.22. The molecule has 0 saturated heterocycles. The minimum Gasteiger partial charge on any atom is -0.495 e. The lowest BCUT2D eigenvalue weighted by Crippen LogP contribution is -2.06. The SMILES string of the molecule is COc1ccc(CNc2nc(-n3ccnc3)nc3scc(C)c23)cc1Cl. The van der Waals surface area contributed by atoms with Crippen molar-refractivity contribution in [2.45, 2.75) is 13.5 Å². The van der Waals surface area contributed by atoms with Gasteiger partial charge in [-0.25, -0.2) is 9.97 Å². The second-order valence-electron chi connectivity index (χ2n) is 5.76. The maximum absolute atomic E-state index is 6.22. The number of hydrogen-bond donors (Lipinski definition) is 1. The van der Waals surface area contributed by atoms with Crippen LogP contribution in [0.4, 0.5) is 5.82 Å². The Morgan fingerprint density at radius 3 is 2.92 bits per heavy atom. The molecule has 0 atom stereocenters. The van der Waals surface area contributed by atoms with Crippen molar-refractivity contribution < 1.29 is 4.74 Å². The zero-order valence-corrected chi connectivity index (χ0v) is 15.8. The van der Waals surface area contributed by atoms with Gasteiger partial charge in [0, 0.05) is 18.9 Å². The lowest BCUT2D eigenvalue weighted by Gasteiger charge is -2.11. The first-order valence-electron chi connectivity index (χ1n) is 7.96. The number of halogens is 1. The fourth-order valence-corrected chi connectivity index (χ4v) is 3.90. The highest BCUT2D eigenvalue weighted by atomic mass is 35.5. The summed E-state index contributed by atoms with van der Waals surface area (Å²) in [7, 11) is 1.60. The second kappa shape index (κ2) is 6.93. The van der Waals surface area contributed by atoms with Gasteiger partial charge >= 0.3 is 0 Å². The molecule has 6 nitrogen and oxygen atoms in total. The van der Waals surface area contributed by atoms with E-state index in [1.807, 2.05) is 24.4 Å². The number of anilines is 1. The molecule has 0 unspecified atom stereocenters. The molecule has 1 N–H and O–H groups in total. The summed E-state index contributed by atoms with van der Waals surface area (Å²) in [6.07, 6.45) is 5.23. The van der Waals surface area contributed by atoms with Crippen LogP contribution in [0.5, 0.6) is 5.75 Å². The van der Waals surface area contributed by atoms with Crippen LogP contribution >= 0.6 is 22.9 Å². The Kier molecular flexibility index (Phi) is 4.48. The molecule has 4 rings (SSSR count). The van der Waals surface area contributed by atoms with Crippen LogP contribution in [0.2, 0.25) is 5.02 Å². The molecule has 0 saturated carbocycles. The minimum absolute atomic E-state index is 0.588. The normalized spacial score (nSPS) is 11.0. The van der Waals surface area contributed by atoms with Gasteiger partial charge in [-0.1, -0.05) is 17.7 Å².